The van der Waals surface area contributed by atoms with E-state index in [1.807, 2.05) is 0 Å². The highest BCUT2D eigenvalue weighted by atomic mass is 19.1. The molecule has 2 unspecified atom stereocenters. The van der Waals surface area contributed by atoms with Crippen LogP contribution >= 0.6 is 0 Å². The maximum absolute atomic E-state index is 13.6. The summed E-state index contributed by atoms with van der Waals surface area (Å²) in [5.74, 6) is 0.353. The van der Waals surface area contributed by atoms with E-state index in [1.54, 1.807) is 0 Å². The van der Waals surface area contributed by atoms with Crippen molar-refractivity contribution in [2.45, 2.75) is 51.0 Å². The first-order chi connectivity index (χ1) is 6.08. The summed E-state index contributed by atoms with van der Waals surface area (Å²) in [6.45, 7) is 2.11. The third kappa shape index (κ3) is 2.68. The normalized spacial score (nSPS) is 33.7. The van der Waals surface area contributed by atoms with Crippen LogP contribution in [0.2, 0.25) is 0 Å². The van der Waals surface area contributed by atoms with Gasteiger partial charge in [-0.1, -0.05) is 26.2 Å². The molecule has 0 aromatic carbocycles. The van der Waals surface area contributed by atoms with Gasteiger partial charge in [-0.3, -0.25) is 0 Å². The lowest BCUT2D eigenvalue weighted by molar-refractivity contribution is 0.194. The lowest BCUT2D eigenvalue weighted by Gasteiger charge is -2.17. The standard InChI is InChI=1S/C9H18BFO2/c1-2-3-4-8-5-6-9(11,7-8)10(12)13/h8,12-13H,2-7H2,1H3. The van der Waals surface area contributed by atoms with Gasteiger partial charge in [0.15, 0.2) is 0 Å². The zero-order valence-electron chi connectivity index (χ0n) is 8.17. The molecule has 2 nitrogen and oxygen atoms in total. The molecular formula is C9H18BFO2. The predicted octanol–water partition coefficient (Wildman–Crippen LogP) is 1.70. The lowest BCUT2D eigenvalue weighted by Crippen LogP contribution is -2.40. The molecule has 0 bridgehead atoms. The van der Waals surface area contributed by atoms with Gasteiger partial charge in [-0.25, -0.2) is 4.39 Å². The van der Waals surface area contributed by atoms with Gasteiger partial charge in [0.25, 0.3) is 0 Å². The van der Waals surface area contributed by atoms with Crippen molar-refractivity contribution in [3.8, 4) is 0 Å². The molecule has 1 saturated carbocycles. The Morgan fingerprint density at radius 1 is 1.54 bits per heavy atom. The lowest BCUT2D eigenvalue weighted by atomic mass is 9.68. The van der Waals surface area contributed by atoms with E-state index < -0.39 is 12.7 Å². The maximum Gasteiger partial charge on any atom is 0.491 e. The first-order valence-electron chi connectivity index (χ1n) is 5.13. The minimum atomic E-state index is -1.79. The summed E-state index contributed by atoms with van der Waals surface area (Å²) in [6, 6.07) is 0. The maximum atomic E-state index is 13.6. The molecule has 4 heteroatoms. The van der Waals surface area contributed by atoms with Gasteiger partial charge in [-0.05, 0) is 25.2 Å². The summed E-state index contributed by atoms with van der Waals surface area (Å²) in [5.41, 5.74) is -1.72. The van der Waals surface area contributed by atoms with Gasteiger partial charge in [0.1, 0.15) is 5.57 Å². The summed E-state index contributed by atoms with van der Waals surface area (Å²) in [7, 11) is -1.79. The van der Waals surface area contributed by atoms with Crippen molar-refractivity contribution in [3.05, 3.63) is 0 Å². The fourth-order valence-corrected chi connectivity index (χ4v) is 2.10. The molecule has 1 fully saturated rings. The van der Waals surface area contributed by atoms with E-state index >= 15 is 0 Å². The quantitative estimate of drug-likeness (QED) is 0.659. The summed E-state index contributed by atoms with van der Waals surface area (Å²) in [6.07, 6.45) is 4.69. The first kappa shape index (κ1) is 11.0. The average Bonchev–Trinajstić information content (AvgIpc) is 2.45. The highest BCUT2D eigenvalue weighted by molar-refractivity contribution is 6.45. The predicted molar refractivity (Wildman–Crippen MR) is 50.9 cm³/mol. The fourth-order valence-electron chi connectivity index (χ4n) is 2.10. The molecule has 0 aromatic rings. The second-order valence-electron chi connectivity index (χ2n) is 4.16. The van der Waals surface area contributed by atoms with Crippen LogP contribution in [0.1, 0.15) is 45.4 Å². The minimum absolute atomic E-state index is 0.305. The Morgan fingerprint density at radius 3 is 2.69 bits per heavy atom. The van der Waals surface area contributed by atoms with Crippen molar-refractivity contribution in [1.82, 2.24) is 0 Å². The summed E-state index contributed by atoms with van der Waals surface area (Å²) in [5, 5.41) is 17.7. The fraction of sp³-hybridized carbons (Fsp3) is 1.00. The highest BCUT2D eigenvalue weighted by Crippen LogP contribution is 2.40. The van der Waals surface area contributed by atoms with Gasteiger partial charge < -0.3 is 10.0 Å². The molecule has 0 aromatic heterocycles. The Labute approximate surface area is 79.3 Å². The Balaban J connectivity index is 2.35. The number of unbranched alkanes of at least 4 members (excludes halogenated alkanes) is 1. The van der Waals surface area contributed by atoms with Crippen LogP contribution < -0.4 is 0 Å². The van der Waals surface area contributed by atoms with Crippen LogP contribution in [0.4, 0.5) is 4.39 Å². The van der Waals surface area contributed by atoms with E-state index in [-0.39, 0.29) is 0 Å². The highest BCUT2D eigenvalue weighted by Gasteiger charge is 2.48. The van der Waals surface area contributed by atoms with Crippen molar-refractivity contribution >= 4 is 7.12 Å². The van der Waals surface area contributed by atoms with Gasteiger partial charge in [-0.15, -0.1) is 0 Å². The van der Waals surface area contributed by atoms with E-state index in [2.05, 4.69) is 6.92 Å². The van der Waals surface area contributed by atoms with Gasteiger partial charge >= 0.3 is 7.12 Å². The molecule has 1 rings (SSSR count). The molecule has 1 aliphatic carbocycles. The molecule has 13 heavy (non-hydrogen) atoms. The molecule has 0 amide bonds. The summed E-state index contributed by atoms with van der Waals surface area (Å²) in [4.78, 5) is 0. The number of rotatable bonds is 4. The van der Waals surface area contributed by atoms with E-state index in [1.165, 1.54) is 0 Å². The van der Waals surface area contributed by atoms with Crippen LogP contribution in [0.15, 0.2) is 0 Å². The van der Waals surface area contributed by atoms with Crippen LogP contribution in [0, 0.1) is 5.92 Å². The van der Waals surface area contributed by atoms with Crippen molar-refractivity contribution < 1.29 is 14.4 Å². The molecular weight excluding hydrogens is 170 g/mol. The third-order valence-corrected chi connectivity index (χ3v) is 3.02. The van der Waals surface area contributed by atoms with E-state index in [4.69, 9.17) is 10.0 Å². The minimum Gasteiger partial charge on any atom is -0.425 e. The van der Waals surface area contributed by atoms with E-state index in [0.717, 1.165) is 25.7 Å². The SMILES string of the molecule is CCCCC1CCC(F)(B(O)O)C1. The summed E-state index contributed by atoms with van der Waals surface area (Å²) < 4.78 is 13.6. The smallest absolute Gasteiger partial charge is 0.425 e. The van der Waals surface area contributed by atoms with Gasteiger partial charge in [-0.2, -0.15) is 0 Å². The second kappa shape index (κ2) is 4.42. The zero-order valence-corrected chi connectivity index (χ0v) is 8.17. The number of halogens is 1. The summed E-state index contributed by atoms with van der Waals surface area (Å²) >= 11 is 0. The Hall–Kier alpha value is -0.0851. The van der Waals surface area contributed by atoms with Crippen molar-refractivity contribution in [2.24, 2.45) is 5.92 Å². The average molecular weight is 188 g/mol. The van der Waals surface area contributed by atoms with Crippen molar-refractivity contribution in [1.29, 1.82) is 0 Å². The molecule has 0 saturated heterocycles. The van der Waals surface area contributed by atoms with Crippen molar-refractivity contribution in [3.63, 3.8) is 0 Å². The largest absolute Gasteiger partial charge is 0.491 e. The topological polar surface area (TPSA) is 40.5 Å². The van der Waals surface area contributed by atoms with Crippen LogP contribution in [0.3, 0.4) is 0 Å². The number of hydrogen-bond donors (Lipinski definition) is 2. The van der Waals surface area contributed by atoms with Gasteiger partial charge in [0, 0.05) is 0 Å². The number of alkyl halides is 1. The van der Waals surface area contributed by atoms with E-state index in [0.29, 0.717) is 18.8 Å². The van der Waals surface area contributed by atoms with Gasteiger partial charge in [0.05, 0.1) is 0 Å². The third-order valence-electron chi connectivity index (χ3n) is 3.02. The molecule has 2 N–H and O–H groups in total. The molecule has 0 radical (unpaired) electrons. The molecule has 0 aliphatic heterocycles. The van der Waals surface area contributed by atoms with E-state index in [9.17, 15) is 4.39 Å². The monoisotopic (exact) mass is 188 g/mol. The molecule has 1 aliphatic rings. The second-order valence-corrected chi connectivity index (χ2v) is 4.16. The Bertz CT molecular complexity index is 166. The molecule has 0 spiro atoms. The van der Waals surface area contributed by atoms with Crippen LogP contribution in [0.25, 0.3) is 0 Å². The van der Waals surface area contributed by atoms with Crippen LogP contribution in [-0.4, -0.2) is 22.7 Å². The molecule has 0 heterocycles. The Kier molecular flexibility index (Phi) is 3.74. The van der Waals surface area contributed by atoms with Crippen LogP contribution in [-0.2, 0) is 0 Å². The molecule has 2 atom stereocenters. The van der Waals surface area contributed by atoms with Crippen molar-refractivity contribution in [2.75, 3.05) is 0 Å². The molecule has 76 valence electrons. The van der Waals surface area contributed by atoms with Crippen LogP contribution in [0.5, 0.6) is 0 Å². The first-order valence-corrected chi connectivity index (χ1v) is 5.13. The van der Waals surface area contributed by atoms with Gasteiger partial charge in [0.2, 0.25) is 0 Å². The number of hydrogen-bond acceptors (Lipinski definition) is 2. The zero-order chi connectivity index (χ0) is 9.90. The Morgan fingerprint density at radius 2 is 2.23 bits per heavy atom.